The maximum atomic E-state index is 13.5. The Labute approximate surface area is 194 Å². The van der Waals surface area contributed by atoms with Gasteiger partial charge >= 0.3 is 6.02 Å². The van der Waals surface area contributed by atoms with E-state index >= 15 is 0 Å². The first-order valence-electron chi connectivity index (χ1n) is 13.0. The van der Waals surface area contributed by atoms with Crippen molar-refractivity contribution < 1.29 is 9.53 Å². The summed E-state index contributed by atoms with van der Waals surface area (Å²) in [5.74, 6) is 0.435. The lowest BCUT2D eigenvalue weighted by molar-refractivity contribution is -0.124. The average molecular weight is 440 g/mol. The topological polar surface area (TPSA) is 45.1 Å². The second-order valence-corrected chi connectivity index (χ2v) is 10.1. The molecule has 0 N–H and O–H groups in total. The molecule has 1 atom stereocenters. The molecule has 176 valence electrons. The minimum Gasteiger partial charge on any atom is -0.420 e. The van der Waals surface area contributed by atoms with Crippen LogP contribution < -0.4 is 0 Å². The Balaban J connectivity index is 1.54. The minimum atomic E-state index is -0.00200. The number of likely N-dealkylation sites (N-methyl/N-ethyl adjacent to an activating group) is 1. The number of nitrogens with zero attached hydrogens (tertiary/aromatic N) is 3. The quantitative estimate of drug-likeness (QED) is 0.496. The number of allylic oxidation sites excluding steroid dienone is 3. The second kappa shape index (κ2) is 10.4. The molecule has 5 heteroatoms. The fourth-order valence-electron chi connectivity index (χ4n) is 5.78. The van der Waals surface area contributed by atoms with E-state index in [1.807, 2.05) is 11.0 Å². The first-order valence-corrected chi connectivity index (χ1v) is 13.0. The number of carbonyl (C=O) groups is 1. The van der Waals surface area contributed by atoms with E-state index in [1.54, 1.807) is 0 Å². The third-order valence-electron chi connectivity index (χ3n) is 7.81. The van der Waals surface area contributed by atoms with Crippen LogP contribution in [-0.4, -0.2) is 52.4 Å². The minimum absolute atomic E-state index is 0.00200. The zero-order chi connectivity index (χ0) is 22.6. The number of hydrogen-bond acceptors (Lipinski definition) is 4. The Kier molecular flexibility index (Phi) is 7.55. The van der Waals surface area contributed by atoms with E-state index in [-0.39, 0.29) is 17.5 Å². The van der Waals surface area contributed by atoms with Crippen molar-refractivity contribution in [3.63, 3.8) is 0 Å². The van der Waals surface area contributed by atoms with Crippen LogP contribution in [0, 0.1) is 0 Å². The van der Waals surface area contributed by atoms with E-state index in [4.69, 9.17) is 9.73 Å². The second-order valence-electron chi connectivity index (χ2n) is 10.1. The van der Waals surface area contributed by atoms with Crippen LogP contribution in [0.1, 0.15) is 91.4 Å². The molecule has 5 nitrogen and oxygen atoms in total. The molecule has 0 aromatic rings. The van der Waals surface area contributed by atoms with Crippen molar-refractivity contribution in [1.82, 2.24) is 9.80 Å². The molecule has 0 aromatic carbocycles. The summed E-state index contributed by atoms with van der Waals surface area (Å²) in [4.78, 5) is 22.8. The number of amidine groups is 1. The Hall–Kier alpha value is -1.88. The van der Waals surface area contributed by atoms with Gasteiger partial charge in [-0.05, 0) is 63.8 Å². The van der Waals surface area contributed by atoms with Gasteiger partial charge in [-0.25, -0.2) is 4.99 Å². The van der Waals surface area contributed by atoms with Crippen molar-refractivity contribution in [2.75, 3.05) is 13.1 Å². The molecule has 0 aromatic heterocycles. The maximum Gasteiger partial charge on any atom is 0.300 e. The average Bonchev–Trinajstić information content (AvgIpc) is 3.12. The summed E-state index contributed by atoms with van der Waals surface area (Å²) in [5.41, 5.74) is 1.09. The van der Waals surface area contributed by atoms with Gasteiger partial charge in [-0.1, -0.05) is 70.6 Å². The van der Waals surface area contributed by atoms with Crippen molar-refractivity contribution in [2.24, 2.45) is 4.99 Å². The number of hydrogen-bond donors (Lipinski definition) is 0. The van der Waals surface area contributed by atoms with Crippen molar-refractivity contribution >= 4 is 11.9 Å². The van der Waals surface area contributed by atoms with Crippen LogP contribution in [0.5, 0.6) is 0 Å². The van der Waals surface area contributed by atoms with Crippen molar-refractivity contribution in [3.05, 3.63) is 35.6 Å². The molecule has 32 heavy (non-hydrogen) atoms. The molecule has 2 saturated carbocycles. The number of rotatable bonds is 6. The normalized spacial score (nSPS) is 30.4. The monoisotopic (exact) mass is 439 g/mol. The summed E-state index contributed by atoms with van der Waals surface area (Å²) < 4.78 is 6.19. The van der Waals surface area contributed by atoms with Gasteiger partial charge < -0.3 is 4.74 Å². The van der Waals surface area contributed by atoms with E-state index in [2.05, 4.69) is 43.9 Å². The fourth-order valence-corrected chi connectivity index (χ4v) is 5.78. The van der Waals surface area contributed by atoms with Crippen LogP contribution in [0.15, 0.2) is 40.6 Å². The molecule has 3 fully saturated rings. The molecule has 4 aliphatic rings. The summed E-state index contributed by atoms with van der Waals surface area (Å²) >= 11 is 0. The number of carbonyl (C=O) groups excluding carboxylic acids is 1. The number of amides is 1. The lowest BCUT2D eigenvalue weighted by Gasteiger charge is -2.39. The predicted molar refractivity (Wildman–Crippen MR) is 130 cm³/mol. The Morgan fingerprint density at radius 3 is 2.34 bits per heavy atom. The van der Waals surface area contributed by atoms with Crippen molar-refractivity contribution in [3.8, 4) is 0 Å². The highest BCUT2D eigenvalue weighted by molar-refractivity contribution is 6.09. The number of ether oxygens (including phenoxy) is 1. The highest BCUT2D eigenvalue weighted by atomic mass is 16.5. The van der Waals surface area contributed by atoms with Crippen LogP contribution in [-0.2, 0) is 9.53 Å². The third-order valence-corrected chi connectivity index (χ3v) is 7.81. The Morgan fingerprint density at radius 2 is 1.75 bits per heavy atom. The smallest absolute Gasteiger partial charge is 0.300 e. The summed E-state index contributed by atoms with van der Waals surface area (Å²) in [6.45, 7) is 8.76. The highest BCUT2D eigenvalue weighted by Gasteiger charge is 2.40. The molecule has 1 unspecified atom stereocenters. The summed E-state index contributed by atoms with van der Waals surface area (Å²) in [6, 6.07) is 1.08. The summed E-state index contributed by atoms with van der Waals surface area (Å²) in [7, 11) is 0. The molecule has 1 amide bonds. The zero-order valence-electron chi connectivity index (χ0n) is 20.3. The molecule has 1 heterocycles. The first kappa shape index (κ1) is 23.3. The van der Waals surface area contributed by atoms with Gasteiger partial charge in [0.25, 0.3) is 5.91 Å². The summed E-state index contributed by atoms with van der Waals surface area (Å²) in [5, 5.41) is 0. The molecule has 0 bridgehead atoms. The van der Waals surface area contributed by atoms with Gasteiger partial charge in [-0.15, -0.1) is 0 Å². The van der Waals surface area contributed by atoms with Gasteiger partial charge in [0.15, 0.2) is 5.76 Å². The lowest BCUT2D eigenvalue weighted by atomic mass is 9.88. The predicted octanol–water partition coefficient (Wildman–Crippen LogP) is 5.74. The van der Waals surface area contributed by atoms with Gasteiger partial charge in [0.1, 0.15) is 0 Å². The largest absolute Gasteiger partial charge is 0.420 e. The SMILES string of the molecule is CCN(CC)C1(C)C=CC(/C=C2/OC(=NC3CCCCC3)N(C3CCCCC3)C2=O)=CC1. The van der Waals surface area contributed by atoms with Crippen molar-refractivity contribution in [2.45, 2.75) is 109 Å². The molecule has 1 aliphatic heterocycles. The van der Waals surface area contributed by atoms with Crippen LogP contribution in [0.25, 0.3) is 0 Å². The van der Waals surface area contributed by atoms with Crippen LogP contribution in [0.3, 0.4) is 0 Å². The Morgan fingerprint density at radius 1 is 1.09 bits per heavy atom. The standard InChI is InChI=1S/C27H41N3O2/c1-4-29(5-2)27(3)18-16-21(17-19-27)20-24-25(31)30(23-14-10-7-11-15-23)26(32-24)28-22-12-8-6-9-13-22/h16-18,20,22-23H,4-15,19H2,1-3H3/b24-20+,28-26?. The van der Waals surface area contributed by atoms with E-state index in [9.17, 15) is 4.79 Å². The molecule has 3 aliphatic carbocycles. The number of aliphatic imine (C=N–C) groups is 1. The molecule has 0 spiro atoms. The van der Waals surface area contributed by atoms with Crippen LogP contribution >= 0.6 is 0 Å². The van der Waals surface area contributed by atoms with Crippen molar-refractivity contribution in [1.29, 1.82) is 0 Å². The van der Waals surface area contributed by atoms with Crippen LogP contribution in [0.2, 0.25) is 0 Å². The van der Waals surface area contributed by atoms with Gasteiger partial charge in [0.05, 0.1) is 6.04 Å². The maximum absolute atomic E-state index is 13.5. The zero-order valence-corrected chi connectivity index (χ0v) is 20.3. The van der Waals surface area contributed by atoms with Gasteiger partial charge in [0.2, 0.25) is 0 Å². The highest BCUT2D eigenvalue weighted by Crippen LogP contribution is 2.32. The Bertz CT molecular complexity index is 796. The van der Waals surface area contributed by atoms with E-state index in [0.29, 0.717) is 17.8 Å². The van der Waals surface area contributed by atoms with Gasteiger partial charge in [-0.3, -0.25) is 14.6 Å². The van der Waals surface area contributed by atoms with Crippen LogP contribution in [0.4, 0.5) is 0 Å². The first-order chi connectivity index (χ1) is 15.5. The molecular formula is C27H41N3O2. The molecule has 0 radical (unpaired) electrons. The van der Waals surface area contributed by atoms with E-state index in [1.165, 1.54) is 38.5 Å². The van der Waals surface area contributed by atoms with Gasteiger partial charge in [-0.2, -0.15) is 0 Å². The lowest BCUT2D eigenvalue weighted by Crippen LogP contribution is -2.45. The molecule has 4 rings (SSSR count). The fraction of sp³-hybridized carbons (Fsp3) is 0.704. The molecule has 1 saturated heterocycles. The third kappa shape index (κ3) is 5.03. The van der Waals surface area contributed by atoms with E-state index in [0.717, 1.165) is 50.8 Å². The van der Waals surface area contributed by atoms with Gasteiger partial charge in [0, 0.05) is 11.6 Å². The molecular weight excluding hydrogens is 398 g/mol. The van der Waals surface area contributed by atoms with E-state index < -0.39 is 0 Å². The summed E-state index contributed by atoms with van der Waals surface area (Å²) in [6.07, 6.45) is 21.2.